The summed E-state index contributed by atoms with van der Waals surface area (Å²) in [7, 11) is 0. The zero-order valence-electron chi connectivity index (χ0n) is 15.4. The van der Waals surface area contributed by atoms with Crippen LogP contribution in [0.4, 0.5) is 11.4 Å². The van der Waals surface area contributed by atoms with Gasteiger partial charge in [0.2, 0.25) is 0 Å². The van der Waals surface area contributed by atoms with Crippen molar-refractivity contribution in [2.45, 2.75) is 51.2 Å². The number of hydrogen-bond donors (Lipinski definition) is 1. The number of pyridine rings is 2. The summed E-state index contributed by atoms with van der Waals surface area (Å²) in [6.07, 6.45) is 12.8. The van der Waals surface area contributed by atoms with Crippen LogP contribution in [0.15, 0.2) is 42.1 Å². The van der Waals surface area contributed by atoms with Crippen LogP contribution in [-0.4, -0.2) is 31.1 Å². The Balaban J connectivity index is 1.60. The number of nitrogens with zero attached hydrogens (tertiary/aromatic N) is 5. The van der Waals surface area contributed by atoms with Crippen molar-refractivity contribution in [3.63, 3.8) is 0 Å². The van der Waals surface area contributed by atoms with Crippen molar-refractivity contribution in [3.8, 4) is 0 Å². The second kappa shape index (κ2) is 6.33. The molecule has 7 heteroatoms. The van der Waals surface area contributed by atoms with E-state index in [1.165, 1.54) is 12.8 Å². The van der Waals surface area contributed by atoms with Crippen molar-refractivity contribution in [1.82, 2.24) is 19.7 Å². The van der Waals surface area contributed by atoms with E-state index in [0.29, 0.717) is 0 Å². The average Bonchev–Trinajstić information content (AvgIpc) is 3.44. The first-order valence-electron chi connectivity index (χ1n) is 9.55. The van der Waals surface area contributed by atoms with Crippen LogP contribution in [0, 0.1) is 0 Å². The fraction of sp³-hybridized carbons (Fsp3) is 0.400. The highest BCUT2D eigenvalue weighted by molar-refractivity contribution is 6.11. The molecule has 0 unspecified atom stereocenters. The van der Waals surface area contributed by atoms with E-state index in [9.17, 15) is 0 Å². The predicted octanol–water partition coefficient (Wildman–Crippen LogP) is 4.03. The van der Waals surface area contributed by atoms with Gasteiger partial charge in [-0.05, 0) is 44.7 Å². The van der Waals surface area contributed by atoms with Crippen LogP contribution in [0.3, 0.4) is 0 Å². The van der Waals surface area contributed by atoms with Gasteiger partial charge in [0.25, 0.3) is 0 Å². The maximum Gasteiger partial charge on any atom is 0.159 e. The third-order valence-electron chi connectivity index (χ3n) is 5.56. The van der Waals surface area contributed by atoms with Gasteiger partial charge in [-0.15, -0.1) is 0 Å². The SMILES string of the molecule is CCn1ncc2c(Nc3cccnc3)c(C3=NOC4(CCCC4)C3)cnc21. The molecule has 0 saturated heterocycles. The van der Waals surface area contributed by atoms with Gasteiger partial charge in [0.1, 0.15) is 5.60 Å². The molecule has 1 spiro atoms. The molecular weight excluding hydrogens is 340 g/mol. The molecule has 0 aromatic carbocycles. The summed E-state index contributed by atoms with van der Waals surface area (Å²) in [6, 6.07) is 3.91. The van der Waals surface area contributed by atoms with Gasteiger partial charge in [0.05, 0.1) is 34.9 Å². The van der Waals surface area contributed by atoms with E-state index < -0.39 is 0 Å². The molecule has 2 aliphatic rings. The maximum atomic E-state index is 5.91. The zero-order valence-corrected chi connectivity index (χ0v) is 15.4. The van der Waals surface area contributed by atoms with Gasteiger partial charge in [-0.25, -0.2) is 9.67 Å². The quantitative estimate of drug-likeness (QED) is 0.758. The van der Waals surface area contributed by atoms with E-state index in [0.717, 1.165) is 59.5 Å². The summed E-state index contributed by atoms with van der Waals surface area (Å²) in [6.45, 7) is 2.84. The topological polar surface area (TPSA) is 77.2 Å². The summed E-state index contributed by atoms with van der Waals surface area (Å²) >= 11 is 0. The van der Waals surface area contributed by atoms with Crippen LogP contribution in [-0.2, 0) is 11.4 Å². The summed E-state index contributed by atoms with van der Waals surface area (Å²) in [5.74, 6) is 0. The minimum Gasteiger partial charge on any atom is -0.389 e. The molecule has 1 aliphatic heterocycles. The molecule has 27 heavy (non-hydrogen) atoms. The van der Waals surface area contributed by atoms with Crippen molar-refractivity contribution < 1.29 is 4.84 Å². The summed E-state index contributed by atoms with van der Waals surface area (Å²) < 4.78 is 1.90. The number of nitrogens with one attached hydrogen (secondary N) is 1. The molecule has 1 aliphatic carbocycles. The van der Waals surface area contributed by atoms with E-state index in [2.05, 4.69) is 32.5 Å². The monoisotopic (exact) mass is 362 g/mol. The molecular formula is C20H22N6O. The first kappa shape index (κ1) is 16.2. The highest BCUT2D eigenvalue weighted by Gasteiger charge is 2.42. The fourth-order valence-electron chi connectivity index (χ4n) is 4.15. The van der Waals surface area contributed by atoms with Gasteiger partial charge in [-0.3, -0.25) is 4.98 Å². The number of fused-ring (bicyclic) bond motifs is 1. The Bertz CT molecular complexity index is 1000. The molecule has 0 bridgehead atoms. The minimum atomic E-state index is -0.108. The van der Waals surface area contributed by atoms with Gasteiger partial charge in [0, 0.05) is 30.9 Å². The second-order valence-corrected chi connectivity index (χ2v) is 7.31. The lowest BCUT2D eigenvalue weighted by atomic mass is 9.92. The van der Waals surface area contributed by atoms with Gasteiger partial charge < -0.3 is 10.2 Å². The minimum absolute atomic E-state index is 0.108. The van der Waals surface area contributed by atoms with E-state index in [4.69, 9.17) is 4.84 Å². The molecule has 1 saturated carbocycles. The van der Waals surface area contributed by atoms with Gasteiger partial charge in [-0.2, -0.15) is 5.10 Å². The van der Waals surface area contributed by atoms with Crippen molar-refractivity contribution >= 4 is 28.1 Å². The van der Waals surface area contributed by atoms with Crippen LogP contribution in [0.2, 0.25) is 0 Å². The molecule has 7 nitrogen and oxygen atoms in total. The average molecular weight is 362 g/mol. The first-order valence-corrected chi connectivity index (χ1v) is 9.55. The molecule has 3 aromatic rings. The maximum absolute atomic E-state index is 5.91. The molecule has 1 N–H and O–H groups in total. The van der Waals surface area contributed by atoms with Crippen molar-refractivity contribution in [1.29, 1.82) is 0 Å². The van der Waals surface area contributed by atoms with Gasteiger partial charge >= 0.3 is 0 Å². The number of rotatable bonds is 4. The van der Waals surface area contributed by atoms with E-state index >= 15 is 0 Å². The smallest absolute Gasteiger partial charge is 0.159 e. The lowest BCUT2D eigenvalue weighted by molar-refractivity contribution is -0.0126. The highest BCUT2D eigenvalue weighted by Crippen LogP contribution is 2.42. The van der Waals surface area contributed by atoms with Crippen molar-refractivity contribution in [2.75, 3.05) is 5.32 Å². The van der Waals surface area contributed by atoms with Crippen molar-refractivity contribution in [2.24, 2.45) is 5.16 Å². The third kappa shape index (κ3) is 2.74. The standard InChI is InChI=1S/C20H22N6O/c1-2-26-19-16(13-23-26)18(24-14-6-5-9-21-11-14)15(12-22-19)17-10-20(27-25-17)7-3-4-8-20/h5-6,9,11-13H,2-4,7-8,10H2,1H3,(H,22,24). The lowest BCUT2D eigenvalue weighted by Crippen LogP contribution is -2.24. The number of aryl methyl sites for hydroxylation is 1. The summed E-state index contributed by atoms with van der Waals surface area (Å²) in [5, 5.41) is 13.4. The zero-order chi connectivity index (χ0) is 18.3. The van der Waals surface area contributed by atoms with Crippen LogP contribution >= 0.6 is 0 Å². The Morgan fingerprint density at radius 3 is 2.89 bits per heavy atom. The first-order chi connectivity index (χ1) is 13.3. The Morgan fingerprint density at radius 2 is 2.11 bits per heavy atom. The molecule has 0 atom stereocenters. The third-order valence-corrected chi connectivity index (χ3v) is 5.56. The Morgan fingerprint density at radius 1 is 1.22 bits per heavy atom. The van der Waals surface area contributed by atoms with Gasteiger partial charge in [-0.1, -0.05) is 5.16 Å². The molecule has 1 fully saturated rings. The van der Waals surface area contributed by atoms with E-state index in [1.807, 2.05) is 35.4 Å². The normalized spacial score (nSPS) is 18.0. The molecule has 5 rings (SSSR count). The second-order valence-electron chi connectivity index (χ2n) is 7.31. The van der Waals surface area contributed by atoms with Crippen LogP contribution in [0.5, 0.6) is 0 Å². The number of oxime groups is 1. The predicted molar refractivity (Wildman–Crippen MR) is 104 cm³/mol. The molecule has 0 radical (unpaired) electrons. The van der Waals surface area contributed by atoms with E-state index in [1.54, 1.807) is 6.20 Å². The van der Waals surface area contributed by atoms with Crippen LogP contribution < -0.4 is 5.32 Å². The van der Waals surface area contributed by atoms with Gasteiger partial charge in [0.15, 0.2) is 5.65 Å². The number of aromatic nitrogens is 4. The largest absolute Gasteiger partial charge is 0.389 e. The fourth-order valence-corrected chi connectivity index (χ4v) is 4.15. The number of hydrogen-bond acceptors (Lipinski definition) is 6. The summed E-state index contributed by atoms with van der Waals surface area (Å²) in [4.78, 5) is 14.8. The Hall–Kier alpha value is -2.96. The highest BCUT2D eigenvalue weighted by atomic mass is 16.7. The van der Waals surface area contributed by atoms with Crippen LogP contribution in [0.25, 0.3) is 11.0 Å². The molecule has 0 amide bonds. The number of anilines is 2. The Labute approximate surface area is 157 Å². The van der Waals surface area contributed by atoms with Crippen molar-refractivity contribution in [3.05, 3.63) is 42.5 Å². The van der Waals surface area contributed by atoms with E-state index in [-0.39, 0.29) is 5.60 Å². The van der Waals surface area contributed by atoms with Crippen LogP contribution in [0.1, 0.15) is 44.6 Å². The molecule has 138 valence electrons. The molecule has 4 heterocycles. The lowest BCUT2D eigenvalue weighted by Gasteiger charge is -2.19. The Kier molecular flexibility index (Phi) is 3.81. The molecule has 3 aromatic heterocycles. The summed E-state index contributed by atoms with van der Waals surface area (Å²) in [5.41, 5.74) is 4.58.